The summed E-state index contributed by atoms with van der Waals surface area (Å²) in [7, 11) is 1.76. The molecule has 0 saturated heterocycles. The average molecular weight is 233 g/mol. The molecule has 78 valence electrons. The quantitative estimate of drug-likeness (QED) is 0.870. The van der Waals surface area contributed by atoms with E-state index in [0.29, 0.717) is 12.1 Å². The third-order valence-corrected chi connectivity index (χ3v) is 3.59. The van der Waals surface area contributed by atoms with Crippen LogP contribution in [0.4, 0.5) is 5.13 Å². The summed E-state index contributed by atoms with van der Waals surface area (Å²) in [6.07, 6.45) is 5.49. The van der Waals surface area contributed by atoms with Crippen molar-refractivity contribution in [3.8, 4) is 0 Å². The summed E-state index contributed by atoms with van der Waals surface area (Å²) in [5, 5.41) is 4.25. The Morgan fingerprint density at radius 1 is 1.64 bits per heavy atom. The minimum absolute atomic E-state index is 0.317. The van der Waals surface area contributed by atoms with E-state index in [1.807, 2.05) is 0 Å². The number of anilines is 1. The summed E-state index contributed by atoms with van der Waals surface area (Å²) in [5.74, 6) is 0. The molecule has 0 bridgehead atoms. The van der Waals surface area contributed by atoms with Gasteiger partial charge >= 0.3 is 0 Å². The van der Waals surface area contributed by atoms with Crippen LogP contribution in [0.2, 0.25) is 4.34 Å². The number of rotatable bonds is 3. The van der Waals surface area contributed by atoms with Crippen LogP contribution in [0.5, 0.6) is 0 Å². The van der Waals surface area contributed by atoms with Crippen molar-refractivity contribution in [2.75, 3.05) is 12.4 Å². The van der Waals surface area contributed by atoms with Crippen LogP contribution in [0, 0.1) is 0 Å². The van der Waals surface area contributed by atoms with Gasteiger partial charge in [0.05, 0.1) is 18.3 Å². The molecule has 0 amide bonds. The lowest BCUT2D eigenvalue weighted by molar-refractivity contribution is 0.101. The molecular weight excluding hydrogens is 220 g/mol. The number of methoxy groups -OCH3 is 1. The lowest BCUT2D eigenvalue weighted by Crippen LogP contribution is -2.29. The van der Waals surface area contributed by atoms with Crippen molar-refractivity contribution in [3.63, 3.8) is 0 Å². The number of nitrogens with zero attached hydrogens (tertiary/aromatic N) is 1. The van der Waals surface area contributed by atoms with Crippen molar-refractivity contribution < 1.29 is 4.74 Å². The van der Waals surface area contributed by atoms with E-state index in [0.717, 1.165) is 22.3 Å². The maximum atomic E-state index is 5.80. The smallest absolute Gasteiger partial charge is 0.184 e. The molecule has 0 spiro atoms. The number of aromatic nitrogens is 1. The van der Waals surface area contributed by atoms with Crippen molar-refractivity contribution in [3.05, 3.63) is 10.5 Å². The Hall–Kier alpha value is -0.320. The van der Waals surface area contributed by atoms with E-state index in [1.165, 1.54) is 17.8 Å². The molecule has 0 aliphatic heterocycles. The second-order valence-corrected chi connectivity index (χ2v) is 5.09. The maximum Gasteiger partial charge on any atom is 0.184 e. The number of hydrogen-bond donors (Lipinski definition) is 1. The molecule has 1 fully saturated rings. The highest BCUT2D eigenvalue weighted by Gasteiger charge is 2.27. The third kappa shape index (κ3) is 2.19. The molecule has 2 atom stereocenters. The van der Waals surface area contributed by atoms with Gasteiger partial charge in [-0.1, -0.05) is 22.9 Å². The molecule has 1 N–H and O–H groups in total. The van der Waals surface area contributed by atoms with Crippen LogP contribution in [0.1, 0.15) is 19.3 Å². The van der Waals surface area contributed by atoms with Gasteiger partial charge in [0.1, 0.15) is 4.34 Å². The summed E-state index contributed by atoms with van der Waals surface area (Å²) >= 11 is 7.28. The number of nitrogens with one attached hydrogen (secondary N) is 1. The van der Waals surface area contributed by atoms with Gasteiger partial charge in [-0.05, 0) is 19.3 Å². The van der Waals surface area contributed by atoms with Gasteiger partial charge in [0, 0.05) is 7.11 Å². The van der Waals surface area contributed by atoms with E-state index in [9.17, 15) is 0 Å². The summed E-state index contributed by atoms with van der Waals surface area (Å²) in [6.45, 7) is 0. The van der Waals surface area contributed by atoms with Crippen molar-refractivity contribution in [2.24, 2.45) is 0 Å². The molecule has 1 heterocycles. The minimum Gasteiger partial charge on any atom is -0.379 e. The normalized spacial score (nSPS) is 26.7. The first-order valence-electron chi connectivity index (χ1n) is 4.70. The first-order chi connectivity index (χ1) is 6.79. The van der Waals surface area contributed by atoms with E-state index >= 15 is 0 Å². The Labute approximate surface area is 92.4 Å². The second-order valence-electron chi connectivity index (χ2n) is 3.43. The Bertz CT molecular complexity index is 305. The highest BCUT2D eigenvalue weighted by molar-refractivity contribution is 7.19. The van der Waals surface area contributed by atoms with E-state index in [1.54, 1.807) is 13.3 Å². The average Bonchev–Trinajstić information content (AvgIpc) is 2.76. The van der Waals surface area contributed by atoms with Crippen molar-refractivity contribution in [1.29, 1.82) is 0 Å². The zero-order chi connectivity index (χ0) is 9.97. The molecule has 5 heteroatoms. The fraction of sp³-hybridized carbons (Fsp3) is 0.667. The molecule has 1 aromatic heterocycles. The Morgan fingerprint density at radius 2 is 2.50 bits per heavy atom. The van der Waals surface area contributed by atoms with Gasteiger partial charge in [0.25, 0.3) is 0 Å². The zero-order valence-electron chi connectivity index (χ0n) is 8.00. The number of thiazole rings is 1. The Balaban J connectivity index is 1.96. The molecule has 1 aliphatic rings. The molecular formula is C9H13ClN2OS. The van der Waals surface area contributed by atoms with Crippen LogP contribution in [0.3, 0.4) is 0 Å². The van der Waals surface area contributed by atoms with Crippen LogP contribution in [0.15, 0.2) is 6.20 Å². The highest BCUT2D eigenvalue weighted by Crippen LogP contribution is 2.28. The first-order valence-corrected chi connectivity index (χ1v) is 5.89. The maximum absolute atomic E-state index is 5.80. The van der Waals surface area contributed by atoms with Gasteiger partial charge in [-0.15, -0.1) is 0 Å². The topological polar surface area (TPSA) is 34.1 Å². The van der Waals surface area contributed by atoms with E-state index in [2.05, 4.69) is 10.3 Å². The Morgan fingerprint density at radius 3 is 3.14 bits per heavy atom. The molecule has 1 aromatic rings. The van der Waals surface area contributed by atoms with Crippen LogP contribution in [-0.2, 0) is 4.74 Å². The van der Waals surface area contributed by atoms with Crippen molar-refractivity contribution >= 4 is 28.1 Å². The summed E-state index contributed by atoms with van der Waals surface area (Å²) in [5.41, 5.74) is 0. The lowest BCUT2D eigenvalue weighted by atomic mass is 10.2. The predicted molar refractivity (Wildman–Crippen MR) is 59.2 cm³/mol. The monoisotopic (exact) mass is 232 g/mol. The number of hydrogen-bond acceptors (Lipinski definition) is 4. The molecule has 0 aromatic carbocycles. The fourth-order valence-corrected chi connectivity index (χ4v) is 2.73. The van der Waals surface area contributed by atoms with Gasteiger partial charge in [-0.2, -0.15) is 0 Å². The highest BCUT2D eigenvalue weighted by atomic mass is 35.5. The standard InChI is InChI=1S/C9H13ClN2OS/c1-13-7-4-2-3-6(7)12-9-11-5-8(10)14-9/h5-7H,2-4H2,1H3,(H,11,12)/t6-,7-/m1/s1. The summed E-state index contributed by atoms with van der Waals surface area (Å²) in [6, 6.07) is 0.391. The van der Waals surface area contributed by atoms with Gasteiger partial charge in [0.2, 0.25) is 0 Å². The van der Waals surface area contributed by atoms with Crippen molar-refractivity contribution in [2.45, 2.75) is 31.4 Å². The number of halogens is 1. The van der Waals surface area contributed by atoms with Gasteiger partial charge in [-0.25, -0.2) is 4.98 Å². The predicted octanol–water partition coefficient (Wildman–Crippen LogP) is 2.78. The van der Waals surface area contributed by atoms with Gasteiger partial charge < -0.3 is 10.1 Å². The molecule has 0 unspecified atom stereocenters. The minimum atomic E-state index is 0.317. The molecule has 1 aliphatic carbocycles. The van der Waals surface area contributed by atoms with E-state index in [-0.39, 0.29) is 0 Å². The van der Waals surface area contributed by atoms with Crippen LogP contribution < -0.4 is 5.32 Å². The molecule has 3 nitrogen and oxygen atoms in total. The SMILES string of the molecule is CO[C@@H]1CCC[C@H]1Nc1ncc(Cl)s1. The van der Waals surface area contributed by atoms with E-state index < -0.39 is 0 Å². The molecule has 1 saturated carbocycles. The van der Waals surface area contributed by atoms with E-state index in [4.69, 9.17) is 16.3 Å². The first kappa shape index (κ1) is 10.2. The number of ether oxygens (including phenoxy) is 1. The third-order valence-electron chi connectivity index (χ3n) is 2.54. The van der Waals surface area contributed by atoms with Gasteiger partial charge in [-0.3, -0.25) is 0 Å². The molecule has 0 radical (unpaired) electrons. The summed E-state index contributed by atoms with van der Waals surface area (Å²) in [4.78, 5) is 4.17. The second kappa shape index (κ2) is 4.47. The van der Waals surface area contributed by atoms with Crippen LogP contribution in [-0.4, -0.2) is 24.2 Å². The summed E-state index contributed by atoms with van der Waals surface area (Å²) < 4.78 is 6.11. The zero-order valence-corrected chi connectivity index (χ0v) is 9.57. The van der Waals surface area contributed by atoms with Crippen LogP contribution in [0.25, 0.3) is 0 Å². The lowest BCUT2D eigenvalue weighted by Gasteiger charge is -2.18. The molecule has 2 rings (SSSR count). The largest absolute Gasteiger partial charge is 0.379 e. The van der Waals surface area contributed by atoms with Crippen LogP contribution >= 0.6 is 22.9 Å². The fourth-order valence-electron chi connectivity index (χ4n) is 1.85. The Kier molecular flexibility index (Phi) is 3.26. The molecule has 14 heavy (non-hydrogen) atoms. The van der Waals surface area contributed by atoms with Gasteiger partial charge in [0.15, 0.2) is 5.13 Å². The van der Waals surface area contributed by atoms with Crippen molar-refractivity contribution in [1.82, 2.24) is 4.98 Å².